The lowest BCUT2D eigenvalue weighted by atomic mass is 9.96. The van der Waals surface area contributed by atoms with Crippen LogP contribution in [0, 0.1) is 5.92 Å². The van der Waals surface area contributed by atoms with Gasteiger partial charge in [0.2, 0.25) is 5.91 Å². The summed E-state index contributed by atoms with van der Waals surface area (Å²) in [6.07, 6.45) is 5.60. The second-order valence-corrected chi connectivity index (χ2v) is 6.14. The number of amides is 1. The first kappa shape index (κ1) is 15.7. The van der Waals surface area contributed by atoms with Crippen LogP contribution in [0.1, 0.15) is 24.0 Å². The van der Waals surface area contributed by atoms with Crippen LogP contribution < -0.4 is 5.32 Å². The van der Waals surface area contributed by atoms with Crippen LogP contribution in [0.5, 0.6) is 0 Å². The van der Waals surface area contributed by atoms with Crippen molar-refractivity contribution in [3.05, 3.63) is 66.0 Å². The number of hydrogen-bond acceptors (Lipinski definition) is 3. The number of aromatic nitrogens is 1. The molecule has 1 amide bonds. The number of nitrogens with one attached hydrogen (secondary N) is 1. The number of benzene rings is 1. The second kappa shape index (κ2) is 7.88. The van der Waals surface area contributed by atoms with Crippen molar-refractivity contribution in [1.29, 1.82) is 0 Å². The minimum absolute atomic E-state index is 0.0872. The number of hydrogen-bond donors (Lipinski definition) is 1. The van der Waals surface area contributed by atoms with Gasteiger partial charge in [-0.1, -0.05) is 36.4 Å². The zero-order valence-electron chi connectivity index (χ0n) is 13.3. The minimum atomic E-state index is 0.0872. The molecule has 0 aliphatic carbocycles. The standard InChI is InChI=1S/C19H23N3O/c23-19(21-13-17-8-4-10-20-12-17)18-9-5-11-22(15-18)14-16-6-2-1-3-7-16/h1-4,6-8,10,12,18H,5,9,11,13-15H2,(H,21,23)/t18-/m0/s1. The van der Waals surface area contributed by atoms with E-state index in [1.165, 1.54) is 5.56 Å². The van der Waals surface area contributed by atoms with E-state index < -0.39 is 0 Å². The Bertz CT molecular complexity index is 615. The quantitative estimate of drug-likeness (QED) is 0.923. The smallest absolute Gasteiger partial charge is 0.224 e. The van der Waals surface area contributed by atoms with Gasteiger partial charge < -0.3 is 5.32 Å². The summed E-state index contributed by atoms with van der Waals surface area (Å²) in [6.45, 7) is 3.39. The van der Waals surface area contributed by atoms with E-state index in [1.807, 2.05) is 18.2 Å². The molecule has 1 aliphatic heterocycles. The zero-order chi connectivity index (χ0) is 15.9. The Morgan fingerprint density at radius 2 is 2.00 bits per heavy atom. The predicted molar refractivity (Wildman–Crippen MR) is 90.5 cm³/mol. The molecule has 4 nitrogen and oxygen atoms in total. The van der Waals surface area contributed by atoms with Crippen molar-refractivity contribution in [1.82, 2.24) is 15.2 Å². The lowest BCUT2D eigenvalue weighted by Gasteiger charge is -2.32. The van der Waals surface area contributed by atoms with E-state index in [2.05, 4.69) is 39.5 Å². The third-order valence-electron chi connectivity index (χ3n) is 4.31. The molecule has 0 spiro atoms. The molecule has 1 saturated heterocycles. The average molecular weight is 309 g/mol. The normalized spacial score (nSPS) is 18.5. The van der Waals surface area contributed by atoms with Crippen molar-refractivity contribution in [2.24, 2.45) is 5.92 Å². The molecule has 1 aliphatic rings. The minimum Gasteiger partial charge on any atom is -0.352 e. The molecule has 2 heterocycles. The molecule has 0 radical (unpaired) electrons. The molecule has 4 heteroatoms. The molecule has 1 aromatic heterocycles. The fraction of sp³-hybridized carbons (Fsp3) is 0.368. The van der Waals surface area contributed by atoms with E-state index in [0.29, 0.717) is 6.54 Å². The van der Waals surface area contributed by atoms with Crippen LogP contribution in [0.15, 0.2) is 54.9 Å². The van der Waals surface area contributed by atoms with Crippen molar-refractivity contribution < 1.29 is 4.79 Å². The lowest BCUT2D eigenvalue weighted by Crippen LogP contribution is -2.42. The first-order valence-electron chi connectivity index (χ1n) is 8.24. The fourth-order valence-corrected chi connectivity index (χ4v) is 3.09. The summed E-state index contributed by atoms with van der Waals surface area (Å²) < 4.78 is 0. The van der Waals surface area contributed by atoms with Gasteiger partial charge in [0.15, 0.2) is 0 Å². The molecule has 0 bridgehead atoms. The van der Waals surface area contributed by atoms with Gasteiger partial charge in [-0.15, -0.1) is 0 Å². The molecule has 1 fully saturated rings. The molecule has 23 heavy (non-hydrogen) atoms. The first-order chi connectivity index (χ1) is 11.3. The molecule has 2 aromatic rings. The maximum atomic E-state index is 12.4. The topological polar surface area (TPSA) is 45.2 Å². The SMILES string of the molecule is O=C(NCc1cccnc1)[C@H]1CCCN(Cc2ccccc2)C1. The molecular formula is C19H23N3O. The largest absolute Gasteiger partial charge is 0.352 e. The van der Waals surface area contributed by atoms with E-state index in [4.69, 9.17) is 0 Å². The van der Waals surface area contributed by atoms with Gasteiger partial charge in [-0.2, -0.15) is 0 Å². The highest BCUT2D eigenvalue weighted by atomic mass is 16.1. The van der Waals surface area contributed by atoms with E-state index in [-0.39, 0.29) is 11.8 Å². The van der Waals surface area contributed by atoms with Gasteiger partial charge in [0.1, 0.15) is 0 Å². The Morgan fingerprint density at radius 1 is 1.17 bits per heavy atom. The number of nitrogens with zero attached hydrogens (tertiary/aromatic N) is 2. The molecule has 1 N–H and O–H groups in total. The molecule has 0 unspecified atom stereocenters. The van der Waals surface area contributed by atoms with Gasteiger partial charge in [-0.05, 0) is 36.6 Å². The summed E-state index contributed by atoms with van der Waals surface area (Å²) in [4.78, 5) is 18.9. The van der Waals surface area contributed by atoms with E-state index in [1.54, 1.807) is 12.4 Å². The Balaban J connectivity index is 1.50. The van der Waals surface area contributed by atoms with Crippen molar-refractivity contribution in [3.63, 3.8) is 0 Å². The number of likely N-dealkylation sites (tertiary alicyclic amines) is 1. The average Bonchev–Trinajstić information content (AvgIpc) is 2.62. The molecule has 0 saturated carbocycles. The highest BCUT2D eigenvalue weighted by Crippen LogP contribution is 2.19. The van der Waals surface area contributed by atoms with Crippen LogP contribution in [0.2, 0.25) is 0 Å². The van der Waals surface area contributed by atoms with Crippen molar-refractivity contribution in [2.75, 3.05) is 13.1 Å². The van der Waals surface area contributed by atoms with Crippen molar-refractivity contribution >= 4 is 5.91 Å². The molecule has 120 valence electrons. The highest BCUT2D eigenvalue weighted by molar-refractivity contribution is 5.78. The molecule has 3 rings (SSSR count). The fourth-order valence-electron chi connectivity index (χ4n) is 3.09. The summed E-state index contributed by atoms with van der Waals surface area (Å²) in [5.41, 5.74) is 2.35. The summed E-state index contributed by atoms with van der Waals surface area (Å²) in [7, 11) is 0. The molecule has 1 atom stereocenters. The van der Waals surface area contributed by atoms with Crippen molar-refractivity contribution in [3.8, 4) is 0 Å². The van der Waals surface area contributed by atoms with Crippen LogP contribution in [-0.4, -0.2) is 28.9 Å². The van der Waals surface area contributed by atoms with Crippen LogP contribution in [0.4, 0.5) is 0 Å². The van der Waals surface area contributed by atoms with Gasteiger partial charge in [0.25, 0.3) is 0 Å². The van der Waals surface area contributed by atoms with Crippen LogP contribution in [-0.2, 0) is 17.9 Å². The van der Waals surface area contributed by atoms with Crippen LogP contribution >= 0.6 is 0 Å². The summed E-state index contributed by atoms with van der Waals surface area (Å²) in [6, 6.07) is 14.3. The first-order valence-corrected chi connectivity index (χ1v) is 8.24. The zero-order valence-corrected chi connectivity index (χ0v) is 13.3. The maximum Gasteiger partial charge on any atom is 0.224 e. The van der Waals surface area contributed by atoms with E-state index >= 15 is 0 Å². The predicted octanol–water partition coefficient (Wildman–Crippen LogP) is 2.61. The van der Waals surface area contributed by atoms with Gasteiger partial charge >= 0.3 is 0 Å². The Kier molecular flexibility index (Phi) is 5.37. The van der Waals surface area contributed by atoms with Gasteiger partial charge in [-0.3, -0.25) is 14.7 Å². The third kappa shape index (κ3) is 4.63. The Hall–Kier alpha value is -2.20. The lowest BCUT2D eigenvalue weighted by molar-refractivity contribution is -0.126. The van der Waals surface area contributed by atoms with Crippen LogP contribution in [0.25, 0.3) is 0 Å². The van der Waals surface area contributed by atoms with Crippen LogP contribution in [0.3, 0.4) is 0 Å². The monoisotopic (exact) mass is 309 g/mol. The summed E-state index contributed by atoms with van der Waals surface area (Å²) in [5, 5.41) is 3.05. The summed E-state index contributed by atoms with van der Waals surface area (Å²) >= 11 is 0. The number of piperidine rings is 1. The number of rotatable bonds is 5. The molecule has 1 aromatic carbocycles. The Labute approximate surface area is 137 Å². The summed E-state index contributed by atoms with van der Waals surface area (Å²) in [5.74, 6) is 0.246. The second-order valence-electron chi connectivity index (χ2n) is 6.14. The van der Waals surface area contributed by atoms with Gasteiger partial charge in [-0.25, -0.2) is 0 Å². The van der Waals surface area contributed by atoms with E-state index in [9.17, 15) is 4.79 Å². The highest BCUT2D eigenvalue weighted by Gasteiger charge is 2.25. The number of pyridine rings is 1. The Morgan fingerprint density at radius 3 is 2.78 bits per heavy atom. The molecular weight excluding hydrogens is 286 g/mol. The van der Waals surface area contributed by atoms with Crippen molar-refractivity contribution in [2.45, 2.75) is 25.9 Å². The van der Waals surface area contributed by atoms with E-state index in [0.717, 1.165) is 38.0 Å². The van der Waals surface area contributed by atoms with Gasteiger partial charge in [0.05, 0.1) is 5.92 Å². The number of carbonyl (C=O) groups excluding carboxylic acids is 1. The van der Waals surface area contributed by atoms with Gasteiger partial charge in [0, 0.05) is 32.0 Å². The maximum absolute atomic E-state index is 12.4. The number of carbonyl (C=O) groups is 1. The third-order valence-corrected chi connectivity index (χ3v) is 4.31.